The molecule has 0 atom stereocenters. The average Bonchev–Trinajstić information content (AvgIpc) is 3.08. The number of rotatable bonds is 8. The molecular weight excluding hydrogens is 346 g/mol. The van der Waals surface area contributed by atoms with E-state index in [-0.39, 0.29) is 12.5 Å². The summed E-state index contributed by atoms with van der Waals surface area (Å²) in [5, 5.41) is 10.8. The highest BCUT2D eigenvalue weighted by atomic mass is 32.1. The summed E-state index contributed by atoms with van der Waals surface area (Å²) in [6, 6.07) is 6.77. The van der Waals surface area contributed by atoms with Crippen LogP contribution in [0.25, 0.3) is 0 Å². The fourth-order valence-electron chi connectivity index (χ4n) is 2.23. The maximum atomic E-state index is 12.7. The van der Waals surface area contributed by atoms with Crippen molar-refractivity contribution >= 4 is 23.2 Å². The van der Waals surface area contributed by atoms with E-state index in [0.29, 0.717) is 27.7 Å². The highest BCUT2D eigenvalue weighted by molar-refractivity contribution is 7.12. The van der Waals surface area contributed by atoms with E-state index in [0.717, 1.165) is 0 Å². The van der Waals surface area contributed by atoms with Crippen LogP contribution >= 0.6 is 11.3 Å². The first-order valence-corrected chi connectivity index (χ1v) is 8.20. The van der Waals surface area contributed by atoms with Gasteiger partial charge in [-0.25, -0.2) is 0 Å². The van der Waals surface area contributed by atoms with Gasteiger partial charge in [-0.15, -0.1) is 11.3 Å². The summed E-state index contributed by atoms with van der Waals surface area (Å²) in [6.45, 7) is -0.308. The lowest BCUT2D eigenvalue weighted by Gasteiger charge is -2.21. The van der Waals surface area contributed by atoms with Crippen LogP contribution in [0.15, 0.2) is 29.6 Å². The van der Waals surface area contributed by atoms with Crippen LogP contribution in [0.4, 0.5) is 0 Å². The Morgan fingerprint density at radius 1 is 1.00 bits per heavy atom. The third-order valence-electron chi connectivity index (χ3n) is 3.42. The molecule has 0 radical (unpaired) electrons. The number of carbonyl (C=O) groups excluding carboxylic acids is 1. The third-order valence-corrected chi connectivity index (χ3v) is 4.32. The molecule has 134 valence electrons. The van der Waals surface area contributed by atoms with Crippen molar-refractivity contribution in [2.24, 2.45) is 0 Å². The Morgan fingerprint density at radius 2 is 1.60 bits per heavy atom. The number of carboxylic acids is 1. The second-order valence-electron chi connectivity index (χ2n) is 5.13. The number of benzene rings is 1. The minimum absolute atomic E-state index is 0.110. The predicted molar refractivity (Wildman–Crippen MR) is 92.8 cm³/mol. The van der Waals surface area contributed by atoms with Crippen molar-refractivity contribution in [3.63, 3.8) is 0 Å². The zero-order valence-corrected chi connectivity index (χ0v) is 15.0. The molecular formula is C17H19NO6S. The molecule has 0 saturated carbocycles. The minimum Gasteiger partial charge on any atom is -0.497 e. The van der Waals surface area contributed by atoms with E-state index in [1.54, 1.807) is 29.6 Å². The molecule has 2 rings (SSSR count). The van der Waals surface area contributed by atoms with E-state index >= 15 is 0 Å². The monoisotopic (exact) mass is 365 g/mol. The maximum Gasteiger partial charge on any atom is 0.323 e. The van der Waals surface area contributed by atoms with Crippen molar-refractivity contribution in [1.29, 1.82) is 0 Å². The zero-order valence-electron chi connectivity index (χ0n) is 14.1. The summed E-state index contributed by atoms with van der Waals surface area (Å²) in [5.74, 6) is 0.223. The fourth-order valence-corrected chi connectivity index (χ4v) is 3.06. The van der Waals surface area contributed by atoms with Gasteiger partial charge in [0.2, 0.25) is 0 Å². The Labute approximate surface area is 149 Å². The molecule has 0 spiro atoms. The second-order valence-corrected chi connectivity index (χ2v) is 6.04. The van der Waals surface area contributed by atoms with Gasteiger partial charge in [0.15, 0.2) is 0 Å². The normalized spacial score (nSPS) is 10.2. The topological polar surface area (TPSA) is 85.3 Å². The number of methoxy groups -OCH3 is 3. The molecule has 1 heterocycles. The number of hydrogen-bond acceptors (Lipinski definition) is 6. The van der Waals surface area contributed by atoms with Crippen molar-refractivity contribution in [2.75, 3.05) is 27.9 Å². The van der Waals surface area contributed by atoms with Crippen molar-refractivity contribution in [3.05, 3.63) is 40.1 Å². The van der Waals surface area contributed by atoms with Gasteiger partial charge in [0.25, 0.3) is 5.91 Å². The van der Waals surface area contributed by atoms with Crippen molar-refractivity contribution in [2.45, 2.75) is 6.54 Å². The van der Waals surface area contributed by atoms with E-state index in [2.05, 4.69) is 0 Å². The highest BCUT2D eigenvalue weighted by Crippen LogP contribution is 2.26. The van der Waals surface area contributed by atoms with Gasteiger partial charge in [-0.2, -0.15) is 0 Å². The molecule has 0 bridgehead atoms. The van der Waals surface area contributed by atoms with Gasteiger partial charge in [-0.1, -0.05) is 0 Å². The molecule has 0 aliphatic rings. The summed E-state index contributed by atoms with van der Waals surface area (Å²) >= 11 is 1.20. The standard InChI is InChI=1S/C17H19NO6S/c1-22-12-4-11(5-13(6-12)23-2)8-18(9-16(19)20)17(21)15-7-14(24-3)10-25-15/h4-7,10H,8-9H2,1-3H3,(H,19,20). The number of ether oxygens (including phenoxy) is 3. The molecule has 2 aromatic rings. The SMILES string of the molecule is COc1cc(CN(CC(=O)O)C(=O)c2cc(OC)cs2)cc(OC)c1. The molecule has 8 heteroatoms. The van der Waals surface area contributed by atoms with Gasteiger partial charge in [0.1, 0.15) is 23.8 Å². The fraction of sp³-hybridized carbons (Fsp3) is 0.294. The third kappa shape index (κ3) is 4.87. The lowest BCUT2D eigenvalue weighted by atomic mass is 10.1. The Morgan fingerprint density at radius 3 is 2.08 bits per heavy atom. The van der Waals surface area contributed by atoms with E-state index in [1.807, 2.05) is 0 Å². The molecule has 0 aliphatic carbocycles. The molecule has 0 unspecified atom stereocenters. The number of amides is 1. The number of carbonyl (C=O) groups is 2. The first-order chi connectivity index (χ1) is 12.0. The van der Waals surface area contributed by atoms with Gasteiger partial charge in [0, 0.05) is 24.1 Å². The molecule has 1 aromatic heterocycles. The lowest BCUT2D eigenvalue weighted by Crippen LogP contribution is -2.34. The number of hydrogen-bond donors (Lipinski definition) is 1. The van der Waals surface area contributed by atoms with Crippen molar-refractivity contribution in [3.8, 4) is 17.2 Å². The van der Waals surface area contributed by atoms with Gasteiger partial charge in [0.05, 0.1) is 26.2 Å². The quantitative estimate of drug-likeness (QED) is 0.774. The van der Waals surface area contributed by atoms with Crippen LogP contribution in [0, 0.1) is 0 Å². The maximum absolute atomic E-state index is 12.7. The smallest absolute Gasteiger partial charge is 0.323 e. The summed E-state index contributed by atoms with van der Waals surface area (Å²) in [7, 11) is 4.56. The zero-order chi connectivity index (χ0) is 18.4. The largest absolute Gasteiger partial charge is 0.497 e. The van der Waals surface area contributed by atoms with Gasteiger partial charge in [-0.3, -0.25) is 9.59 Å². The van der Waals surface area contributed by atoms with Crippen LogP contribution in [-0.4, -0.2) is 49.8 Å². The summed E-state index contributed by atoms with van der Waals surface area (Å²) < 4.78 is 15.5. The van der Waals surface area contributed by atoms with Gasteiger partial charge < -0.3 is 24.2 Å². The molecule has 0 fully saturated rings. The first-order valence-electron chi connectivity index (χ1n) is 7.32. The van der Waals surface area contributed by atoms with E-state index < -0.39 is 12.5 Å². The molecule has 1 N–H and O–H groups in total. The number of thiophene rings is 1. The van der Waals surface area contributed by atoms with Crippen LogP contribution < -0.4 is 14.2 Å². The number of carboxylic acid groups (broad SMARTS) is 1. The van der Waals surface area contributed by atoms with E-state index in [1.165, 1.54) is 37.6 Å². The number of aliphatic carboxylic acids is 1. The molecule has 1 aromatic carbocycles. The first kappa shape index (κ1) is 18.6. The van der Waals surface area contributed by atoms with Crippen molar-refractivity contribution in [1.82, 2.24) is 4.90 Å². The van der Waals surface area contributed by atoms with Crippen LogP contribution in [0.5, 0.6) is 17.2 Å². The molecule has 0 aliphatic heterocycles. The Bertz CT molecular complexity index is 735. The van der Waals surface area contributed by atoms with E-state index in [9.17, 15) is 9.59 Å². The Kier molecular flexibility index (Phi) is 6.24. The van der Waals surface area contributed by atoms with Crippen LogP contribution in [0.2, 0.25) is 0 Å². The highest BCUT2D eigenvalue weighted by Gasteiger charge is 2.21. The average molecular weight is 365 g/mol. The van der Waals surface area contributed by atoms with E-state index in [4.69, 9.17) is 19.3 Å². The summed E-state index contributed by atoms with van der Waals surface area (Å²) in [4.78, 5) is 25.5. The Balaban J connectivity index is 2.28. The molecule has 0 saturated heterocycles. The number of nitrogens with zero attached hydrogens (tertiary/aromatic N) is 1. The van der Waals surface area contributed by atoms with Crippen LogP contribution in [-0.2, 0) is 11.3 Å². The van der Waals surface area contributed by atoms with Crippen molar-refractivity contribution < 1.29 is 28.9 Å². The minimum atomic E-state index is -1.09. The van der Waals surface area contributed by atoms with Gasteiger partial charge >= 0.3 is 5.97 Å². The Hall–Kier alpha value is -2.74. The second kappa shape index (κ2) is 8.39. The van der Waals surface area contributed by atoms with Crippen LogP contribution in [0.1, 0.15) is 15.2 Å². The molecule has 25 heavy (non-hydrogen) atoms. The summed E-state index contributed by atoms with van der Waals surface area (Å²) in [6.07, 6.45) is 0. The predicted octanol–water partition coefficient (Wildman–Crippen LogP) is 2.50. The molecule has 1 amide bonds. The summed E-state index contributed by atoms with van der Waals surface area (Å²) in [5.41, 5.74) is 0.703. The molecule has 7 nitrogen and oxygen atoms in total. The van der Waals surface area contributed by atoms with Crippen LogP contribution in [0.3, 0.4) is 0 Å². The lowest BCUT2D eigenvalue weighted by molar-refractivity contribution is -0.137. The van der Waals surface area contributed by atoms with Gasteiger partial charge in [-0.05, 0) is 17.7 Å².